The molecule has 3 heterocycles. The highest BCUT2D eigenvalue weighted by atomic mass is 16.2. The van der Waals surface area contributed by atoms with Gasteiger partial charge in [0.05, 0.1) is 22.9 Å². The van der Waals surface area contributed by atoms with Gasteiger partial charge in [0, 0.05) is 12.4 Å². The van der Waals surface area contributed by atoms with E-state index in [1.165, 1.54) is 6.21 Å². The van der Waals surface area contributed by atoms with Gasteiger partial charge in [0.2, 0.25) is 0 Å². The molecule has 3 aromatic heterocycles. The van der Waals surface area contributed by atoms with Crippen molar-refractivity contribution in [2.45, 2.75) is 6.54 Å². The molecular weight excluding hydrogens is 340 g/mol. The first-order valence-corrected chi connectivity index (χ1v) is 8.41. The number of imidazole rings is 1. The van der Waals surface area contributed by atoms with Crippen LogP contribution in [0, 0.1) is 0 Å². The summed E-state index contributed by atoms with van der Waals surface area (Å²) in [5.41, 5.74) is 5.58. The molecule has 0 spiro atoms. The Morgan fingerprint density at radius 3 is 2.56 bits per heavy atom. The lowest BCUT2D eigenvalue weighted by molar-refractivity contribution is -0.121. The van der Waals surface area contributed by atoms with E-state index in [9.17, 15) is 4.79 Å². The molecule has 0 unspecified atom stereocenters. The predicted molar refractivity (Wildman–Crippen MR) is 103 cm³/mol. The molecule has 27 heavy (non-hydrogen) atoms. The quantitative estimate of drug-likeness (QED) is 0.440. The molecule has 0 saturated carbocycles. The van der Waals surface area contributed by atoms with E-state index in [1.807, 2.05) is 59.2 Å². The second-order valence-electron chi connectivity index (χ2n) is 5.77. The highest BCUT2D eigenvalue weighted by Gasteiger charge is 2.15. The SMILES string of the molecule is O=C(Cn1c(-c2ccccn2)nc2ccccc21)NN=Cc1ccccn1. The third-order valence-electron chi connectivity index (χ3n) is 3.92. The maximum Gasteiger partial charge on any atom is 0.260 e. The molecule has 0 aliphatic rings. The molecule has 4 rings (SSSR count). The van der Waals surface area contributed by atoms with Crippen molar-refractivity contribution in [2.75, 3.05) is 0 Å². The summed E-state index contributed by atoms with van der Waals surface area (Å²) in [4.78, 5) is 25.5. The van der Waals surface area contributed by atoms with Gasteiger partial charge in [-0.1, -0.05) is 24.3 Å². The van der Waals surface area contributed by atoms with Crippen molar-refractivity contribution in [2.24, 2.45) is 5.10 Å². The Balaban J connectivity index is 1.59. The van der Waals surface area contributed by atoms with Crippen molar-refractivity contribution in [1.82, 2.24) is 24.9 Å². The number of amides is 1. The Morgan fingerprint density at radius 1 is 1.00 bits per heavy atom. The molecule has 0 bridgehead atoms. The average Bonchev–Trinajstić information content (AvgIpc) is 3.08. The van der Waals surface area contributed by atoms with Crippen LogP contribution in [0.5, 0.6) is 0 Å². The van der Waals surface area contributed by atoms with Gasteiger partial charge in [-0.05, 0) is 36.4 Å². The zero-order chi connectivity index (χ0) is 18.5. The van der Waals surface area contributed by atoms with E-state index < -0.39 is 0 Å². The monoisotopic (exact) mass is 356 g/mol. The van der Waals surface area contributed by atoms with Crippen LogP contribution >= 0.6 is 0 Å². The first-order chi connectivity index (χ1) is 13.3. The normalized spacial score (nSPS) is 11.1. The smallest absolute Gasteiger partial charge is 0.260 e. The van der Waals surface area contributed by atoms with Crippen LogP contribution in [0.1, 0.15) is 5.69 Å². The number of hydrogen-bond acceptors (Lipinski definition) is 5. The fraction of sp³-hybridized carbons (Fsp3) is 0.0500. The molecule has 0 saturated heterocycles. The minimum Gasteiger partial charge on any atom is -0.313 e. The van der Waals surface area contributed by atoms with Gasteiger partial charge >= 0.3 is 0 Å². The summed E-state index contributed by atoms with van der Waals surface area (Å²) in [5, 5.41) is 3.97. The molecule has 1 aromatic carbocycles. The van der Waals surface area contributed by atoms with E-state index in [2.05, 4.69) is 25.5 Å². The number of benzene rings is 1. The summed E-state index contributed by atoms with van der Waals surface area (Å²) >= 11 is 0. The second kappa shape index (κ2) is 7.57. The third kappa shape index (κ3) is 3.72. The topological polar surface area (TPSA) is 85.1 Å². The Morgan fingerprint density at radius 2 is 1.78 bits per heavy atom. The van der Waals surface area contributed by atoms with Crippen molar-refractivity contribution in [3.8, 4) is 11.5 Å². The fourth-order valence-electron chi connectivity index (χ4n) is 2.73. The molecule has 7 nitrogen and oxygen atoms in total. The number of carbonyl (C=O) groups is 1. The first-order valence-electron chi connectivity index (χ1n) is 8.41. The van der Waals surface area contributed by atoms with Crippen molar-refractivity contribution in [3.63, 3.8) is 0 Å². The van der Waals surface area contributed by atoms with E-state index in [0.29, 0.717) is 17.2 Å². The summed E-state index contributed by atoms with van der Waals surface area (Å²) in [7, 11) is 0. The van der Waals surface area contributed by atoms with Crippen LogP contribution in [0.15, 0.2) is 78.2 Å². The number of hydrogen-bond donors (Lipinski definition) is 1. The number of para-hydroxylation sites is 2. The van der Waals surface area contributed by atoms with Crippen LogP contribution in [0.3, 0.4) is 0 Å². The number of pyridine rings is 2. The fourth-order valence-corrected chi connectivity index (χ4v) is 2.73. The summed E-state index contributed by atoms with van der Waals surface area (Å²) < 4.78 is 1.84. The first kappa shape index (κ1) is 16.6. The van der Waals surface area contributed by atoms with Gasteiger partial charge in [-0.3, -0.25) is 14.8 Å². The molecule has 7 heteroatoms. The van der Waals surface area contributed by atoms with Gasteiger partial charge in [0.1, 0.15) is 12.2 Å². The number of nitrogens with one attached hydrogen (secondary N) is 1. The molecule has 0 aliphatic carbocycles. The summed E-state index contributed by atoms with van der Waals surface area (Å²) in [5.74, 6) is 0.378. The van der Waals surface area contributed by atoms with E-state index in [1.54, 1.807) is 18.5 Å². The third-order valence-corrected chi connectivity index (χ3v) is 3.92. The minimum atomic E-state index is -0.262. The summed E-state index contributed by atoms with van der Waals surface area (Å²) in [6.07, 6.45) is 4.87. The predicted octanol–water partition coefficient (Wildman–Crippen LogP) is 2.64. The summed E-state index contributed by atoms with van der Waals surface area (Å²) in [6, 6.07) is 18.8. The second-order valence-corrected chi connectivity index (χ2v) is 5.77. The lowest BCUT2D eigenvalue weighted by atomic mass is 10.3. The molecule has 4 aromatic rings. The lowest BCUT2D eigenvalue weighted by Gasteiger charge is -2.07. The van der Waals surface area contributed by atoms with Gasteiger partial charge in [-0.2, -0.15) is 5.10 Å². The van der Waals surface area contributed by atoms with Crippen molar-refractivity contribution in [3.05, 3.63) is 78.8 Å². The molecule has 0 atom stereocenters. The average molecular weight is 356 g/mol. The molecule has 1 N–H and O–H groups in total. The van der Waals surface area contributed by atoms with Gasteiger partial charge in [0.15, 0.2) is 5.82 Å². The molecule has 0 aliphatic heterocycles. The Bertz CT molecular complexity index is 1090. The van der Waals surface area contributed by atoms with Crippen LogP contribution < -0.4 is 5.43 Å². The number of rotatable bonds is 5. The molecule has 132 valence electrons. The highest BCUT2D eigenvalue weighted by Crippen LogP contribution is 2.23. The van der Waals surface area contributed by atoms with Crippen LogP contribution in [-0.2, 0) is 11.3 Å². The van der Waals surface area contributed by atoms with Crippen molar-refractivity contribution < 1.29 is 4.79 Å². The van der Waals surface area contributed by atoms with E-state index in [4.69, 9.17) is 0 Å². The number of fused-ring (bicyclic) bond motifs is 1. The maximum absolute atomic E-state index is 12.4. The van der Waals surface area contributed by atoms with Crippen LogP contribution in [0.25, 0.3) is 22.6 Å². The number of carbonyl (C=O) groups excluding carboxylic acids is 1. The van der Waals surface area contributed by atoms with Gasteiger partial charge in [0.25, 0.3) is 5.91 Å². The van der Waals surface area contributed by atoms with Crippen LogP contribution in [0.4, 0.5) is 0 Å². The molecular formula is C20H16N6O. The lowest BCUT2D eigenvalue weighted by Crippen LogP contribution is -2.23. The Labute approximate surface area is 155 Å². The van der Waals surface area contributed by atoms with E-state index >= 15 is 0 Å². The van der Waals surface area contributed by atoms with Gasteiger partial charge in [-0.15, -0.1) is 0 Å². The van der Waals surface area contributed by atoms with E-state index in [0.717, 1.165) is 11.0 Å². The standard InChI is InChI=1S/C20H16N6O/c27-19(25-23-13-15-7-3-5-11-21-15)14-26-18-10-2-1-8-16(18)24-20(26)17-9-4-6-12-22-17/h1-13H,14H2,(H,25,27). The highest BCUT2D eigenvalue weighted by molar-refractivity contribution is 5.85. The Hall–Kier alpha value is -3.87. The zero-order valence-corrected chi connectivity index (χ0v) is 14.4. The number of aromatic nitrogens is 4. The number of nitrogens with zero attached hydrogens (tertiary/aromatic N) is 5. The Kier molecular flexibility index (Phi) is 4.65. The maximum atomic E-state index is 12.4. The van der Waals surface area contributed by atoms with Crippen LogP contribution in [0.2, 0.25) is 0 Å². The van der Waals surface area contributed by atoms with Gasteiger partial charge in [-0.25, -0.2) is 10.4 Å². The molecule has 1 amide bonds. The van der Waals surface area contributed by atoms with Crippen LogP contribution in [-0.4, -0.2) is 31.6 Å². The van der Waals surface area contributed by atoms with E-state index in [-0.39, 0.29) is 12.5 Å². The number of hydrazone groups is 1. The minimum absolute atomic E-state index is 0.0754. The zero-order valence-electron chi connectivity index (χ0n) is 14.4. The largest absolute Gasteiger partial charge is 0.313 e. The van der Waals surface area contributed by atoms with Crippen molar-refractivity contribution >= 4 is 23.2 Å². The van der Waals surface area contributed by atoms with Crippen molar-refractivity contribution in [1.29, 1.82) is 0 Å². The van der Waals surface area contributed by atoms with Gasteiger partial charge < -0.3 is 4.57 Å². The molecule has 0 radical (unpaired) electrons. The summed E-state index contributed by atoms with van der Waals surface area (Å²) in [6.45, 7) is 0.0754. The molecule has 0 fully saturated rings.